The quantitative estimate of drug-likeness (QED) is 0.348. The number of carbonyl (C=O) groups is 2. The number of hydrogen-bond donors (Lipinski definition) is 4. The first kappa shape index (κ1) is 35.1. The van der Waals surface area contributed by atoms with E-state index in [1.54, 1.807) is 13.8 Å². The molecule has 12 nitrogen and oxygen atoms in total. The van der Waals surface area contributed by atoms with Crippen LogP contribution in [-0.2, 0) is 41.6 Å². The van der Waals surface area contributed by atoms with E-state index in [-0.39, 0.29) is 43.6 Å². The van der Waals surface area contributed by atoms with Crippen LogP contribution < -0.4 is 11.1 Å². The highest BCUT2D eigenvalue weighted by atomic mass is 35.5. The molecule has 0 bridgehead atoms. The van der Waals surface area contributed by atoms with Crippen LogP contribution in [0.5, 0.6) is 0 Å². The van der Waals surface area contributed by atoms with Gasteiger partial charge in [-0.15, -0.1) is 0 Å². The number of aliphatic hydroxyl groups is 2. The van der Waals surface area contributed by atoms with E-state index in [1.807, 2.05) is 74.5 Å². The number of aliphatic hydroxyl groups excluding tert-OH is 2. The molecule has 0 radical (unpaired) electrons. The molecular formula is C32H43ClN2O10. The zero-order valence-electron chi connectivity index (χ0n) is 25.8. The monoisotopic (exact) mass is 650 g/mol. The van der Waals surface area contributed by atoms with Crippen molar-refractivity contribution in [3.8, 4) is 0 Å². The maximum atomic E-state index is 11.9. The van der Waals surface area contributed by atoms with Gasteiger partial charge in [0.15, 0.2) is 11.6 Å². The molecule has 2 aromatic carbocycles. The Kier molecular flexibility index (Phi) is 11.8. The number of benzene rings is 2. The van der Waals surface area contributed by atoms with Gasteiger partial charge in [-0.1, -0.05) is 60.7 Å². The van der Waals surface area contributed by atoms with Crippen molar-refractivity contribution in [2.24, 2.45) is 5.73 Å². The Labute approximate surface area is 268 Å². The van der Waals surface area contributed by atoms with Gasteiger partial charge < -0.3 is 49.7 Å². The Morgan fingerprint density at radius 3 is 1.73 bits per heavy atom. The number of amides is 1. The molecule has 0 spiro atoms. The Hall–Kier alpha value is -2.81. The molecular weight excluding hydrogens is 608 g/mol. The number of fused-ring (bicyclic) bond motifs is 2. The highest BCUT2D eigenvalue weighted by Crippen LogP contribution is 2.39. The van der Waals surface area contributed by atoms with E-state index in [1.165, 1.54) is 0 Å². The van der Waals surface area contributed by atoms with Crippen LogP contribution in [0.4, 0.5) is 9.59 Å². The fourth-order valence-electron chi connectivity index (χ4n) is 5.72. The Balaban J connectivity index is 0.000000169. The van der Waals surface area contributed by atoms with E-state index in [2.05, 4.69) is 10.1 Å². The van der Waals surface area contributed by atoms with Crippen molar-refractivity contribution in [1.82, 2.24) is 5.32 Å². The SMILES string of the molecule is CC1(C)O[C@@H]2[C@H](O1)[C@@H](O)C[C@H]2N.CC1(C)O[C@@H]2[C@H](O1)[C@@H](O)C[C@H]2NC(=O)OCc1ccccc1.O=C(Cl)OCc1ccccc1. The highest BCUT2D eigenvalue weighted by molar-refractivity contribution is 6.61. The lowest BCUT2D eigenvalue weighted by molar-refractivity contribution is -0.164. The lowest BCUT2D eigenvalue weighted by Crippen LogP contribution is -2.43. The van der Waals surface area contributed by atoms with Crippen molar-refractivity contribution in [1.29, 1.82) is 0 Å². The first-order valence-electron chi connectivity index (χ1n) is 14.9. The summed E-state index contributed by atoms with van der Waals surface area (Å²) in [4.78, 5) is 22.1. The van der Waals surface area contributed by atoms with Crippen LogP contribution in [0.15, 0.2) is 60.7 Å². The summed E-state index contributed by atoms with van der Waals surface area (Å²) < 4.78 is 32.2. The number of hydrogen-bond acceptors (Lipinski definition) is 11. The van der Waals surface area contributed by atoms with Gasteiger partial charge in [0.1, 0.15) is 37.6 Å². The molecule has 2 aliphatic heterocycles. The first-order chi connectivity index (χ1) is 21.2. The number of nitrogens with one attached hydrogen (secondary N) is 1. The molecule has 2 aromatic rings. The molecule has 0 unspecified atom stereocenters. The zero-order chi connectivity index (χ0) is 32.8. The summed E-state index contributed by atoms with van der Waals surface area (Å²) in [5.41, 5.74) is 6.85. The first-order valence-corrected chi connectivity index (χ1v) is 15.3. The number of halogens is 1. The predicted molar refractivity (Wildman–Crippen MR) is 163 cm³/mol. The van der Waals surface area contributed by atoms with Crippen molar-refractivity contribution in [2.75, 3.05) is 0 Å². The predicted octanol–water partition coefficient (Wildman–Crippen LogP) is 3.73. The maximum absolute atomic E-state index is 11.9. The van der Waals surface area contributed by atoms with E-state index < -0.39 is 41.4 Å². The van der Waals surface area contributed by atoms with E-state index in [0.29, 0.717) is 12.8 Å². The molecule has 8 atom stereocenters. The highest BCUT2D eigenvalue weighted by Gasteiger charge is 2.54. The maximum Gasteiger partial charge on any atom is 0.407 e. The van der Waals surface area contributed by atoms with Crippen LogP contribution in [0.3, 0.4) is 0 Å². The fraction of sp³-hybridized carbons (Fsp3) is 0.562. The van der Waals surface area contributed by atoms with Crippen LogP contribution >= 0.6 is 11.6 Å². The number of carbonyl (C=O) groups excluding carboxylic acids is 2. The van der Waals surface area contributed by atoms with Crippen LogP contribution in [0.25, 0.3) is 0 Å². The molecule has 2 saturated carbocycles. The molecule has 5 N–H and O–H groups in total. The summed E-state index contributed by atoms with van der Waals surface area (Å²) in [7, 11) is 0. The van der Waals surface area contributed by atoms with Gasteiger partial charge in [-0.2, -0.15) is 0 Å². The number of nitrogens with two attached hydrogens (primary N) is 1. The summed E-state index contributed by atoms with van der Waals surface area (Å²) in [5, 5.41) is 22.3. The molecule has 2 saturated heterocycles. The van der Waals surface area contributed by atoms with E-state index in [4.69, 9.17) is 41.0 Å². The molecule has 4 fully saturated rings. The molecule has 4 aliphatic rings. The van der Waals surface area contributed by atoms with Crippen molar-refractivity contribution in [3.05, 3.63) is 71.8 Å². The van der Waals surface area contributed by atoms with E-state index >= 15 is 0 Å². The molecule has 248 valence electrons. The third-order valence-corrected chi connectivity index (χ3v) is 7.73. The summed E-state index contributed by atoms with van der Waals surface area (Å²) in [5.74, 6) is -1.33. The largest absolute Gasteiger partial charge is 0.449 e. The van der Waals surface area contributed by atoms with Gasteiger partial charge in [0.05, 0.1) is 18.2 Å². The number of alkyl carbamates (subject to hydrolysis) is 1. The number of rotatable bonds is 5. The smallest absolute Gasteiger partial charge is 0.407 e. The van der Waals surface area contributed by atoms with Crippen LogP contribution in [0, 0.1) is 0 Å². The molecule has 0 aromatic heterocycles. The standard InChI is InChI=1S/C16H21NO5.C8H7ClO2.C8H15NO3/c1-16(2)21-13-11(8-12(18)14(13)22-16)17-15(19)20-9-10-6-4-3-5-7-10;9-8(10)11-6-7-4-2-1-3-5-7;1-8(2)11-6-4(9)3-5(10)7(6)12-8/h3-7,11-14,18H,8-9H2,1-2H3,(H,17,19);1-5H,6H2;4-7,10H,3,9H2,1-2H3/t11-,12+,13+,14-;;4-,5+,6+,7-/m1.1/s1. The topological polar surface area (TPSA) is 168 Å². The minimum atomic E-state index is -0.770. The summed E-state index contributed by atoms with van der Waals surface area (Å²) >= 11 is 4.97. The van der Waals surface area contributed by atoms with Crippen LogP contribution in [-0.4, -0.2) is 82.0 Å². The van der Waals surface area contributed by atoms with Gasteiger partial charge in [0.25, 0.3) is 0 Å². The normalized spacial score (nSPS) is 31.7. The zero-order valence-corrected chi connectivity index (χ0v) is 26.6. The fourth-order valence-corrected chi connectivity index (χ4v) is 5.77. The van der Waals surface area contributed by atoms with Crippen molar-refractivity contribution in [3.63, 3.8) is 0 Å². The van der Waals surface area contributed by atoms with Gasteiger partial charge in [-0.3, -0.25) is 0 Å². The summed E-state index contributed by atoms with van der Waals surface area (Å²) in [6.07, 6.45) is -1.78. The summed E-state index contributed by atoms with van der Waals surface area (Å²) in [6.45, 7) is 7.71. The van der Waals surface area contributed by atoms with Gasteiger partial charge in [-0.05, 0) is 51.7 Å². The minimum Gasteiger partial charge on any atom is -0.449 e. The lowest BCUT2D eigenvalue weighted by atomic mass is 10.2. The summed E-state index contributed by atoms with van der Waals surface area (Å²) in [6, 6.07) is 18.4. The average Bonchev–Trinajstić information content (AvgIpc) is 3.66. The van der Waals surface area contributed by atoms with Gasteiger partial charge >= 0.3 is 11.5 Å². The van der Waals surface area contributed by atoms with Crippen LogP contribution in [0.1, 0.15) is 51.7 Å². The Morgan fingerprint density at radius 1 is 0.778 bits per heavy atom. The molecule has 13 heteroatoms. The molecule has 45 heavy (non-hydrogen) atoms. The van der Waals surface area contributed by atoms with Crippen molar-refractivity contribution < 1.29 is 48.2 Å². The van der Waals surface area contributed by atoms with Crippen molar-refractivity contribution in [2.45, 2.75) is 114 Å². The lowest BCUT2D eigenvalue weighted by Gasteiger charge is -2.22. The average molecular weight is 651 g/mol. The number of ether oxygens (including phenoxy) is 6. The van der Waals surface area contributed by atoms with Gasteiger partial charge in [0.2, 0.25) is 0 Å². The Morgan fingerprint density at radius 2 is 1.22 bits per heavy atom. The second kappa shape index (κ2) is 15.2. The van der Waals surface area contributed by atoms with Gasteiger partial charge in [0, 0.05) is 17.6 Å². The van der Waals surface area contributed by atoms with E-state index in [0.717, 1.165) is 11.1 Å². The third-order valence-electron chi connectivity index (χ3n) is 7.62. The van der Waals surface area contributed by atoms with Gasteiger partial charge in [-0.25, -0.2) is 9.59 Å². The molecule has 6 rings (SSSR count). The van der Waals surface area contributed by atoms with Crippen LogP contribution in [0.2, 0.25) is 0 Å². The second-order valence-corrected chi connectivity index (χ2v) is 12.5. The Bertz CT molecular complexity index is 1230. The van der Waals surface area contributed by atoms with E-state index in [9.17, 15) is 19.8 Å². The van der Waals surface area contributed by atoms with Crippen molar-refractivity contribution >= 4 is 23.1 Å². The molecule has 2 heterocycles. The molecule has 1 amide bonds. The second-order valence-electron chi connectivity index (χ2n) is 12.2. The molecule has 2 aliphatic carbocycles. The minimum absolute atomic E-state index is 0.0909. The third kappa shape index (κ3) is 10.1.